The minimum Gasteiger partial charge on any atom is -0.466 e. The first-order valence-corrected chi connectivity index (χ1v) is 7.83. The van der Waals surface area contributed by atoms with E-state index in [2.05, 4.69) is 12.2 Å². The molecule has 2 amide bonds. The van der Waals surface area contributed by atoms with Crippen LogP contribution in [0.1, 0.15) is 46.0 Å². The number of piperidine rings is 1. The molecule has 1 rings (SSSR count). The van der Waals surface area contributed by atoms with Crippen molar-refractivity contribution in [2.45, 2.75) is 46.0 Å². The van der Waals surface area contributed by atoms with Crippen molar-refractivity contribution in [1.82, 2.24) is 10.2 Å². The second-order valence-electron chi connectivity index (χ2n) is 5.31. The molecule has 0 radical (unpaired) electrons. The number of amides is 2. The topological polar surface area (TPSA) is 75.7 Å². The van der Waals surface area contributed by atoms with Crippen molar-refractivity contribution >= 4 is 17.8 Å². The van der Waals surface area contributed by atoms with Gasteiger partial charge in [-0.1, -0.05) is 19.8 Å². The van der Waals surface area contributed by atoms with E-state index in [0.717, 1.165) is 25.7 Å². The van der Waals surface area contributed by atoms with Crippen LogP contribution in [0.5, 0.6) is 0 Å². The summed E-state index contributed by atoms with van der Waals surface area (Å²) in [6, 6.07) is 0. The van der Waals surface area contributed by atoms with Crippen LogP contribution in [-0.2, 0) is 19.1 Å². The molecule has 120 valence electrons. The lowest BCUT2D eigenvalue weighted by molar-refractivity contribution is -0.154. The molecule has 6 heteroatoms. The quantitative estimate of drug-likeness (QED) is 0.452. The smallest absolute Gasteiger partial charge is 0.311 e. The SMILES string of the molecule is CCCCCNC(=O)C(=O)N1CCCC(C(=O)OCC)C1. The van der Waals surface area contributed by atoms with E-state index in [9.17, 15) is 14.4 Å². The Morgan fingerprint density at radius 3 is 2.67 bits per heavy atom. The molecule has 1 saturated heterocycles. The minimum atomic E-state index is -0.574. The van der Waals surface area contributed by atoms with Crippen molar-refractivity contribution in [2.75, 3.05) is 26.2 Å². The number of rotatable bonds is 6. The van der Waals surface area contributed by atoms with Crippen molar-refractivity contribution in [3.8, 4) is 0 Å². The lowest BCUT2D eigenvalue weighted by atomic mass is 9.98. The maximum atomic E-state index is 12.0. The van der Waals surface area contributed by atoms with Gasteiger partial charge in [0.15, 0.2) is 0 Å². The van der Waals surface area contributed by atoms with Crippen LogP contribution in [0, 0.1) is 5.92 Å². The Balaban J connectivity index is 2.42. The van der Waals surface area contributed by atoms with Crippen LogP contribution in [0.2, 0.25) is 0 Å². The second kappa shape index (κ2) is 9.37. The van der Waals surface area contributed by atoms with Crippen LogP contribution in [0.3, 0.4) is 0 Å². The lowest BCUT2D eigenvalue weighted by Gasteiger charge is -2.30. The number of nitrogens with one attached hydrogen (secondary N) is 1. The molecular formula is C15H26N2O4. The maximum Gasteiger partial charge on any atom is 0.311 e. The predicted molar refractivity (Wildman–Crippen MR) is 78.5 cm³/mol. The van der Waals surface area contributed by atoms with Gasteiger partial charge in [0.05, 0.1) is 12.5 Å². The number of esters is 1. The normalized spacial score (nSPS) is 18.2. The van der Waals surface area contributed by atoms with Crippen LogP contribution >= 0.6 is 0 Å². The Kier molecular flexibility index (Phi) is 7.79. The first-order valence-electron chi connectivity index (χ1n) is 7.83. The van der Waals surface area contributed by atoms with Crippen molar-refractivity contribution in [1.29, 1.82) is 0 Å². The number of carbonyl (C=O) groups excluding carboxylic acids is 3. The zero-order valence-corrected chi connectivity index (χ0v) is 13.0. The van der Waals surface area contributed by atoms with E-state index in [1.807, 2.05) is 0 Å². The number of carbonyl (C=O) groups is 3. The highest BCUT2D eigenvalue weighted by molar-refractivity contribution is 6.35. The summed E-state index contributed by atoms with van der Waals surface area (Å²) in [5, 5.41) is 2.64. The monoisotopic (exact) mass is 298 g/mol. The van der Waals surface area contributed by atoms with Gasteiger partial charge < -0.3 is 15.0 Å². The Hall–Kier alpha value is -1.59. The molecule has 1 aliphatic heterocycles. The standard InChI is InChI=1S/C15H26N2O4/c1-3-5-6-9-16-13(18)14(19)17-10-7-8-12(11-17)15(20)21-4-2/h12H,3-11H2,1-2H3,(H,16,18). The molecule has 6 nitrogen and oxygen atoms in total. The average Bonchev–Trinajstić information content (AvgIpc) is 2.51. The van der Waals surface area contributed by atoms with E-state index in [4.69, 9.17) is 4.74 Å². The van der Waals surface area contributed by atoms with Crippen LogP contribution in [0.25, 0.3) is 0 Å². The fourth-order valence-corrected chi connectivity index (χ4v) is 2.41. The molecule has 1 N–H and O–H groups in total. The van der Waals surface area contributed by atoms with Crippen molar-refractivity contribution in [3.05, 3.63) is 0 Å². The highest BCUT2D eigenvalue weighted by atomic mass is 16.5. The summed E-state index contributed by atoms with van der Waals surface area (Å²) in [6.45, 7) is 5.50. The highest BCUT2D eigenvalue weighted by Gasteiger charge is 2.31. The van der Waals surface area contributed by atoms with Gasteiger partial charge in [-0.3, -0.25) is 14.4 Å². The van der Waals surface area contributed by atoms with E-state index >= 15 is 0 Å². The molecule has 0 aromatic carbocycles. The number of hydrogen-bond acceptors (Lipinski definition) is 4. The van der Waals surface area contributed by atoms with Crippen LogP contribution in [0.4, 0.5) is 0 Å². The molecule has 0 saturated carbocycles. The molecule has 0 spiro atoms. The highest BCUT2D eigenvalue weighted by Crippen LogP contribution is 2.18. The summed E-state index contributed by atoms with van der Waals surface area (Å²) in [6.07, 6.45) is 4.40. The van der Waals surface area contributed by atoms with Crippen molar-refractivity contribution < 1.29 is 19.1 Å². The summed E-state index contributed by atoms with van der Waals surface area (Å²) in [7, 11) is 0. The Labute approximate surface area is 126 Å². The molecule has 0 aromatic rings. The predicted octanol–water partition coefficient (Wildman–Crippen LogP) is 1.09. The Bertz CT molecular complexity index is 371. The number of likely N-dealkylation sites (tertiary alicyclic amines) is 1. The summed E-state index contributed by atoms with van der Waals surface area (Å²) in [5.74, 6) is -1.70. The van der Waals surface area contributed by atoms with Gasteiger partial charge in [0.2, 0.25) is 0 Å². The molecule has 1 fully saturated rings. The first kappa shape index (κ1) is 17.5. The van der Waals surface area contributed by atoms with Crippen molar-refractivity contribution in [2.24, 2.45) is 5.92 Å². The third-order valence-electron chi connectivity index (χ3n) is 3.59. The van der Waals surface area contributed by atoms with Crippen LogP contribution < -0.4 is 5.32 Å². The van der Waals surface area contributed by atoms with Crippen LogP contribution in [0.15, 0.2) is 0 Å². The molecule has 1 aliphatic rings. The fourth-order valence-electron chi connectivity index (χ4n) is 2.41. The molecule has 0 aromatic heterocycles. The summed E-state index contributed by atoms with van der Waals surface area (Å²) < 4.78 is 4.98. The van der Waals surface area contributed by atoms with Crippen LogP contribution in [-0.4, -0.2) is 48.9 Å². The molecule has 21 heavy (non-hydrogen) atoms. The lowest BCUT2D eigenvalue weighted by Crippen LogP contribution is -2.48. The summed E-state index contributed by atoms with van der Waals surface area (Å²) in [5.41, 5.74) is 0. The largest absolute Gasteiger partial charge is 0.466 e. The van der Waals surface area contributed by atoms with Gasteiger partial charge in [0, 0.05) is 19.6 Å². The van der Waals surface area contributed by atoms with E-state index < -0.39 is 11.8 Å². The summed E-state index contributed by atoms with van der Waals surface area (Å²) in [4.78, 5) is 37.0. The number of nitrogens with zero attached hydrogens (tertiary/aromatic N) is 1. The third kappa shape index (κ3) is 5.73. The Morgan fingerprint density at radius 2 is 2.00 bits per heavy atom. The summed E-state index contributed by atoms with van der Waals surface area (Å²) >= 11 is 0. The molecule has 1 unspecified atom stereocenters. The number of ether oxygens (including phenoxy) is 1. The van der Waals surface area contributed by atoms with Gasteiger partial charge in [0.1, 0.15) is 0 Å². The zero-order chi connectivity index (χ0) is 15.7. The van der Waals surface area contributed by atoms with E-state index in [1.54, 1.807) is 6.92 Å². The average molecular weight is 298 g/mol. The first-order chi connectivity index (χ1) is 10.1. The van der Waals surface area contributed by atoms with E-state index in [0.29, 0.717) is 26.1 Å². The van der Waals surface area contributed by atoms with E-state index in [-0.39, 0.29) is 18.4 Å². The van der Waals surface area contributed by atoms with Gasteiger partial charge >= 0.3 is 17.8 Å². The molecular weight excluding hydrogens is 272 g/mol. The molecule has 1 heterocycles. The van der Waals surface area contributed by atoms with Gasteiger partial charge in [-0.05, 0) is 26.2 Å². The zero-order valence-electron chi connectivity index (χ0n) is 13.0. The number of hydrogen-bond donors (Lipinski definition) is 1. The van der Waals surface area contributed by atoms with Gasteiger partial charge in [0.25, 0.3) is 0 Å². The number of unbranched alkanes of at least 4 members (excludes halogenated alkanes) is 2. The van der Waals surface area contributed by atoms with Gasteiger partial charge in [-0.25, -0.2) is 0 Å². The third-order valence-corrected chi connectivity index (χ3v) is 3.59. The van der Waals surface area contributed by atoms with Gasteiger partial charge in [-0.2, -0.15) is 0 Å². The van der Waals surface area contributed by atoms with Gasteiger partial charge in [-0.15, -0.1) is 0 Å². The van der Waals surface area contributed by atoms with Crippen molar-refractivity contribution in [3.63, 3.8) is 0 Å². The maximum absolute atomic E-state index is 12.0. The Morgan fingerprint density at radius 1 is 1.24 bits per heavy atom. The minimum absolute atomic E-state index is 0.278. The molecule has 0 bridgehead atoms. The second-order valence-corrected chi connectivity index (χ2v) is 5.31. The fraction of sp³-hybridized carbons (Fsp3) is 0.800. The molecule has 0 aliphatic carbocycles. The van der Waals surface area contributed by atoms with E-state index in [1.165, 1.54) is 4.90 Å². The molecule has 1 atom stereocenters.